The number of para-hydroxylation sites is 1. The maximum absolute atomic E-state index is 5.82. The first-order valence-electron chi connectivity index (χ1n) is 5.87. The fourth-order valence-corrected chi connectivity index (χ4v) is 2.75. The topological polar surface area (TPSA) is 53.8 Å². The number of nitrogens with two attached hydrogens (primary N) is 1. The van der Waals surface area contributed by atoms with Crippen LogP contribution in [0.25, 0.3) is 10.9 Å². The Morgan fingerprint density at radius 1 is 1.25 bits per heavy atom. The molecule has 3 rings (SSSR count). The molecule has 0 aliphatic carbocycles. The minimum atomic E-state index is 0.557. The molecule has 2 heterocycles. The minimum Gasteiger partial charge on any atom is -0.361 e. The third-order valence-corrected chi connectivity index (χ3v) is 3.66. The molecule has 3 heteroatoms. The van der Waals surface area contributed by atoms with Gasteiger partial charge in [0.25, 0.3) is 0 Å². The summed E-state index contributed by atoms with van der Waals surface area (Å²) in [4.78, 5) is 3.34. The van der Waals surface area contributed by atoms with Gasteiger partial charge in [0, 0.05) is 29.6 Å². The van der Waals surface area contributed by atoms with Crippen molar-refractivity contribution in [2.45, 2.75) is 5.92 Å². The molecule has 16 heavy (non-hydrogen) atoms. The van der Waals surface area contributed by atoms with Crippen molar-refractivity contribution < 1.29 is 0 Å². The zero-order chi connectivity index (χ0) is 11.0. The van der Waals surface area contributed by atoms with E-state index in [0.717, 1.165) is 19.6 Å². The molecule has 1 aliphatic heterocycles. The van der Waals surface area contributed by atoms with E-state index in [2.05, 4.69) is 40.8 Å². The van der Waals surface area contributed by atoms with Crippen molar-refractivity contribution in [1.82, 2.24) is 10.3 Å². The number of rotatable bonds is 2. The minimum absolute atomic E-state index is 0.557. The Bertz CT molecular complexity index is 489. The summed E-state index contributed by atoms with van der Waals surface area (Å²) in [6.07, 6.45) is 2.14. The van der Waals surface area contributed by atoms with Crippen molar-refractivity contribution in [1.29, 1.82) is 0 Å². The van der Waals surface area contributed by atoms with E-state index in [1.165, 1.54) is 16.5 Å². The molecule has 0 amide bonds. The number of aromatic nitrogens is 1. The summed E-state index contributed by atoms with van der Waals surface area (Å²) in [6.45, 7) is 2.85. The molecule has 2 aromatic rings. The Morgan fingerprint density at radius 2 is 2.12 bits per heavy atom. The predicted molar refractivity (Wildman–Crippen MR) is 66.5 cm³/mol. The second-order valence-electron chi connectivity index (χ2n) is 4.55. The van der Waals surface area contributed by atoms with Gasteiger partial charge >= 0.3 is 0 Å². The summed E-state index contributed by atoms with van der Waals surface area (Å²) in [5.74, 6) is 1.13. The number of hydrogen-bond acceptors (Lipinski definition) is 2. The molecule has 4 N–H and O–H groups in total. The normalized spacial score (nSPS) is 25.3. The van der Waals surface area contributed by atoms with Gasteiger partial charge in [-0.2, -0.15) is 0 Å². The maximum atomic E-state index is 5.82. The van der Waals surface area contributed by atoms with Crippen LogP contribution in [0.2, 0.25) is 0 Å². The first-order valence-corrected chi connectivity index (χ1v) is 5.87. The summed E-state index contributed by atoms with van der Waals surface area (Å²) in [5.41, 5.74) is 8.46. The lowest BCUT2D eigenvalue weighted by molar-refractivity contribution is 0.533. The van der Waals surface area contributed by atoms with Crippen molar-refractivity contribution in [2.24, 2.45) is 11.7 Å². The molecule has 84 valence electrons. The van der Waals surface area contributed by atoms with E-state index in [-0.39, 0.29) is 0 Å². The highest BCUT2D eigenvalue weighted by atomic mass is 14.9. The third kappa shape index (κ3) is 1.44. The molecule has 1 aliphatic rings. The first kappa shape index (κ1) is 9.87. The fourth-order valence-electron chi connectivity index (χ4n) is 2.75. The molecule has 2 atom stereocenters. The van der Waals surface area contributed by atoms with Crippen LogP contribution in [0.5, 0.6) is 0 Å². The molecule has 0 radical (unpaired) electrons. The van der Waals surface area contributed by atoms with Gasteiger partial charge < -0.3 is 16.0 Å². The fraction of sp³-hybridized carbons (Fsp3) is 0.385. The highest BCUT2D eigenvalue weighted by Gasteiger charge is 2.28. The molecule has 0 saturated carbocycles. The Kier molecular flexibility index (Phi) is 2.42. The van der Waals surface area contributed by atoms with Gasteiger partial charge in [-0.25, -0.2) is 0 Å². The van der Waals surface area contributed by atoms with Gasteiger partial charge in [-0.1, -0.05) is 18.2 Å². The lowest BCUT2D eigenvalue weighted by Gasteiger charge is -2.15. The van der Waals surface area contributed by atoms with E-state index < -0.39 is 0 Å². The van der Waals surface area contributed by atoms with Crippen LogP contribution in [0.4, 0.5) is 0 Å². The molecule has 0 spiro atoms. The molecule has 1 aromatic carbocycles. The smallest absolute Gasteiger partial charge is 0.0456 e. The van der Waals surface area contributed by atoms with E-state index in [0.29, 0.717) is 11.8 Å². The van der Waals surface area contributed by atoms with E-state index >= 15 is 0 Å². The monoisotopic (exact) mass is 215 g/mol. The summed E-state index contributed by atoms with van der Waals surface area (Å²) in [5, 5.41) is 4.77. The van der Waals surface area contributed by atoms with Crippen molar-refractivity contribution in [3.05, 3.63) is 36.0 Å². The molecule has 1 aromatic heterocycles. The first-order chi connectivity index (χ1) is 7.90. The zero-order valence-corrected chi connectivity index (χ0v) is 9.24. The maximum Gasteiger partial charge on any atom is 0.0456 e. The highest BCUT2D eigenvalue weighted by molar-refractivity contribution is 5.83. The van der Waals surface area contributed by atoms with Crippen molar-refractivity contribution in [3.63, 3.8) is 0 Å². The van der Waals surface area contributed by atoms with Crippen LogP contribution >= 0.6 is 0 Å². The number of benzene rings is 1. The van der Waals surface area contributed by atoms with E-state index in [4.69, 9.17) is 5.73 Å². The Hall–Kier alpha value is -1.32. The van der Waals surface area contributed by atoms with Crippen LogP contribution in [0.15, 0.2) is 30.5 Å². The van der Waals surface area contributed by atoms with Crippen molar-refractivity contribution in [3.8, 4) is 0 Å². The van der Waals surface area contributed by atoms with Gasteiger partial charge in [0.15, 0.2) is 0 Å². The van der Waals surface area contributed by atoms with Crippen LogP contribution < -0.4 is 11.1 Å². The summed E-state index contributed by atoms with van der Waals surface area (Å²) >= 11 is 0. The van der Waals surface area contributed by atoms with Gasteiger partial charge in [-0.3, -0.25) is 0 Å². The second-order valence-corrected chi connectivity index (χ2v) is 4.55. The van der Waals surface area contributed by atoms with Gasteiger partial charge in [-0.15, -0.1) is 0 Å². The van der Waals surface area contributed by atoms with Crippen LogP contribution in [0.1, 0.15) is 11.5 Å². The number of aromatic amines is 1. The highest BCUT2D eigenvalue weighted by Crippen LogP contribution is 2.32. The van der Waals surface area contributed by atoms with E-state index in [9.17, 15) is 0 Å². The summed E-state index contributed by atoms with van der Waals surface area (Å²) in [6, 6.07) is 8.47. The second kappa shape index (κ2) is 3.92. The Labute approximate surface area is 95.0 Å². The standard InChI is InChI=1S/C13H17N3/c14-5-9-6-15-7-11(9)12-8-16-13-4-2-1-3-10(12)13/h1-4,8-9,11,15-16H,5-7,14H2. The Morgan fingerprint density at radius 3 is 3.00 bits per heavy atom. The van der Waals surface area contributed by atoms with Gasteiger partial charge in [0.05, 0.1) is 0 Å². The average Bonchev–Trinajstić information content (AvgIpc) is 2.94. The van der Waals surface area contributed by atoms with E-state index in [1.54, 1.807) is 0 Å². The number of fused-ring (bicyclic) bond motifs is 1. The zero-order valence-electron chi connectivity index (χ0n) is 9.24. The molecular formula is C13H17N3. The SMILES string of the molecule is NCC1CNCC1c1c[nH]c2ccccc12. The summed E-state index contributed by atoms with van der Waals surface area (Å²) in [7, 11) is 0. The molecule has 1 saturated heterocycles. The van der Waals surface area contributed by atoms with Crippen LogP contribution in [-0.2, 0) is 0 Å². The van der Waals surface area contributed by atoms with Crippen LogP contribution in [0, 0.1) is 5.92 Å². The van der Waals surface area contributed by atoms with Crippen LogP contribution in [0.3, 0.4) is 0 Å². The molecule has 2 unspecified atom stereocenters. The van der Waals surface area contributed by atoms with E-state index in [1.807, 2.05) is 0 Å². The van der Waals surface area contributed by atoms with Crippen molar-refractivity contribution in [2.75, 3.05) is 19.6 Å². The largest absolute Gasteiger partial charge is 0.361 e. The molecular weight excluding hydrogens is 198 g/mol. The molecule has 3 nitrogen and oxygen atoms in total. The third-order valence-electron chi connectivity index (χ3n) is 3.66. The van der Waals surface area contributed by atoms with Crippen LogP contribution in [-0.4, -0.2) is 24.6 Å². The number of H-pyrrole nitrogens is 1. The molecule has 1 fully saturated rings. The van der Waals surface area contributed by atoms with Crippen molar-refractivity contribution >= 4 is 10.9 Å². The van der Waals surface area contributed by atoms with Gasteiger partial charge in [0.2, 0.25) is 0 Å². The lowest BCUT2D eigenvalue weighted by atomic mass is 9.89. The van der Waals surface area contributed by atoms with Gasteiger partial charge in [-0.05, 0) is 30.6 Å². The molecule has 0 bridgehead atoms. The average molecular weight is 215 g/mol. The van der Waals surface area contributed by atoms with Gasteiger partial charge in [0.1, 0.15) is 0 Å². The Balaban J connectivity index is 2.05. The quantitative estimate of drug-likeness (QED) is 0.710. The number of hydrogen-bond donors (Lipinski definition) is 3. The number of nitrogens with one attached hydrogen (secondary N) is 2. The predicted octanol–water partition coefficient (Wildman–Crippen LogP) is 1.43. The summed E-state index contributed by atoms with van der Waals surface area (Å²) < 4.78 is 0. The lowest BCUT2D eigenvalue weighted by Crippen LogP contribution is -2.20.